The number of piperidine rings is 1. The maximum absolute atomic E-state index is 2.60. The van der Waals surface area contributed by atoms with Crippen molar-refractivity contribution in [1.29, 1.82) is 0 Å². The molecule has 0 amide bonds. The fourth-order valence-electron chi connectivity index (χ4n) is 4.63. The smallest absolute Gasteiger partial charge is 0.00303 e. The van der Waals surface area contributed by atoms with Crippen molar-refractivity contribution in [3.63, 3.8) is 0 Å². The van der Waals surface area contributed by atoms with Gasteiger partial charge in [0.15, 0.2) is 0 Å². The molecule has 3 saturated heterocycles. The average molecular weight is 440 g/mol. The van der Waals surface area contributed by atoms with Crippen molar-refractivity contribution in [2.45, 2.75) is 102 Å². The second-order valence-corrected chi connectivity index (χ2v) is 13.9. The Hall–Kier alpha value is -0.120. The fraction of sp³-hybridized carbons (Fsp3) is 1.00. The van der Waals surface area contributed by atoms with Crippen LogP contribution in [-0.2, 0) is 0 Å². The molecule has 3 heteroatoms. The number of rotatable bonds is 3. The number of hydrogen-bond acceptors (Lipinski definition) is 3. The van der Waals surface area contributed by atoms with E-state index in [0.717, 1.165) is 5.92 Å². The Morgan fingerprint density at radius 3 is 1.10 bits per heavy atom. The summed E-state index contributed by atoms with van der Waals surface area (Å²) in [5, 5.41) is 0. The van der Waals surface area contributed by atoms with Crippen LogP contribution in [0.1, 0.15) is 102 Å². The van der Waals surface area contributed by atoms with Gasteiger partial charge in [0.1, 0.15) is 0 Å². The summed E-state index contributed by atoms with van der Waals surface area (Å²) in [5.41, 5.74) is 1.47. The lowest BCUT2D eigenvalue weighted by Gasteiger charge is -2.41. The molecule has 0 N–H and O–H groups in total. The Balaban J connectivity index is 0.000000431. The second-order valence-electron chi connectivity index (χ2n) is 13.9. The summed E-state index contributed by atoms with van der Waals surface area (Å²) in [5.74, 6) is 0.947. The lowest BCUT2D eigenvalue weighted by Crippen LogP contribution is -2.48. The van der Waals surface area contributed by atoms with Gasteiger partial charge in [-0.3, -0.25) is 0 Å². The molecule has 0 atom stereocenters. The van der Waals surface area contributed by atoms with Gasteiger partial charge in [0, 0.05) is 32.7 Å². The lowest BCUT2D eigenvalue weighted by atomic mass is 9.92. The number of nitrogens with zero attached hydrogens (tertiary/aromatic N) is 3. The third-order valence-electron chi connectivity index (χ3n) is 5.63. The highest BCUT2D eigenvalue weighted by molar-refractivity contribution is 4.80. The standard InChI is InChI=1S/C10H21N.C9H19N.C8H17N.CH4/c1-10(2,3)9-11-7-5-4-6-8-11;1-8-5-10(6-8)7-9(2,3)4;1-8(2,3)7-9-5-4-6-9;/h4-9H2,1-3H3;8H,5-7H2,1-4H3;4-7H2,1-3H3;1H4. The molecule has 0 aliphatic carbocycles. The zero-order chi connectivity index (χ0) is 23.0. The van der Waals surface area contributed by atoms with Gasteiger partial charge >= 0.3 is 0 Å². The van der Waals surface area contributed by atoms with E-state index in [2.05, 4.69) is 83.9 Å². The Morgan fingerprint density at radius 1 is 0.516 bits per heavy atom. The van der Waals surface area contributed by atoms with E-state index in [9.17, 15) is 0 Å². The minimum atomic E-state index is 0. The first-order valence-corrected chi connectivity index (χ1v) is 12.8. The Morgan fingerprint density at radius 2 is 0.839 bits per heavy atom. The van der Waals surface area contributed by atoms with Crippen LogP contribution in [0.25, 0.3) is 0 Å². The summed E-state index contributed by atoms with van der Waals surface area (Å²) in [6.07, 6.45) is 5.68. The Labute approximate surface area is 198 Å². The molecule has 0 aromatic carbocycles. The summed E-state index contributed by atoms with van der Waals surface area (Å²) in [6.45, 7) is 34.8. The predicted molar refractivity (Wildman–Crippen MR) is 142 cm³/mol. The van der Waals surface area contributed by atoms with Crippen LogP contribution in [0.4, 0.5) is 0 Å². The SMILES string of the molecule is C.CC(C)(C)CN1CCC1.CC(C)(C)CN1CCCCC1.CC1CN(CC(C)(C)C)C1. The Bertz CT molecular complexity index is 436. The summed E-state index contributed by atoms with van der Waals surface area (Å²) in [6, 6.07) is 0. The van der Waals surface area contributed by atoms with E-state index < -0.39 is 0 Å². The van der Waals surface area contributed by atoms with Crippen LogP contribution in [0.2, 0.25) is 0 Å². The minimum absolute atomic E-state index is 0. The van der Waals surface area contributed by atoms with Crippen molar-refractivity contribution in [3.8, 4) is 0 Å². The highest BCUT2D eigenvalue weighted by Gasteiger charge is 2.26. The van der Waals surface area contributed by atoms with Crippen molar-refractivity contribution >= 4 is 0 Å². The van der Waals surface area contributed by atoms with Crippen molar-refractivity contribution in [2.24, 2.45) is 22.2 Å². The van der Waals surface area contributed by atoms with E-state index in [-0.39, 0.29) is 7.43 Å². The van der Waals surface area contributed by atoms with E-state index in [1.165, 1.54) is 84.6 Å². The second kappa shape index (κ2) is 13.6. The molecular formula is C28H61N3. The number of likely N-dealkylation sites (tertiary alicyclic amines) is 3. The molecule has 3 aliphatic heterocycles. The van der Waals surface area contributed by atoms with Gasteiger partial charge in [-0.25, -0.2) is 0 Å². The molecule has 3 fully saturated rings. The van der Waals surface area contributed by atoms with Crippen LogP contribution in [0.5, 0.6) is 0 Å². The van der Waals surface area contributed by atoms with Crippen LogP contribution in [-0.4, -0.2) is 73.6 Å². The molecule has 0 aromatic rings. The monoisotopic (exact) mass is 439 g/mol. The molecule has 0 aromatic heterocycles. The van der Waals surface area contributed by atoms with E-state index in [1.54, 1.807) is 0 Å². The van der Waals surface area contributed by atoms with E-state index in [4.69, 9.17) is 0 Å². The summed E-state index contributed by atoms with van der Waals surface area (Å²) in [4.78, 5) is 7.65. The molecule has 0 unspecified atom stereocenters. The molecule has 0 saturated carbocycles. The van der Waals surface area contributed by atoms with Gasteiger partial charge in [-0.05, 0) is 67.6 Å². The first-order chi connectivity index (χ1) is 13.6. The highest BCUT2D eigenvalue weighted by Crippen LogP contribution is 2.22. The third kappa shape index (κ3) is 17.1. The summed E-state index contributed by atoms with van der Waals surface area (Å²) >= 11 is 0. The van der Waals surface area contributed by atoms with Gasteiger partial charge in [0.05, 0.1) is 0 Å². The predicted octanol–water partition coefficient (Wildman–Crippen LogP) is 6.88. The van der Waals surface area contributed by atoms with Crippen molar-refractivity contribution < 1.29 is 0 Å². The van der Waals surface area contributed by atoms with Gasteiger partial charge in [-0.15, -0.1) is 0 Å². The molecule has 0 spiro atoms. The maximum atomic E-state index is 2.60. The maximum Gasteiger partial charge on any atom is 0.00303 e. The molecule has 3 aliphatic rings. The molecule has 31 heavy (non-hydrogen) atoms. The molecule has 3 nitrogen and oxygen atoms in total. The molecule has 0 radical (unpaired) electrons. The third-order valence-corrected chi connectivity index (χ3v) is 5.63. The normalized spacial score (nSPS) is 21.5. The van der Waals surface area contributed by atoms with Gasteiger partial charge in [0.25, 0.3) is 0 Å². The van der Waals surface area contributed by atoms with Gasteiger partial charge in [-0.2, -0.15) is 0 Å². The zero-order valence-corrected chi connectivity index (χ0v) is 22.6. The largest absolute Gasteiger partial charge is 0.303 e. The molecule has 188 valence electrons. The number of hydrogen-bond donors (Lipinski definition) is 0. The Kier molecular flexibility index (Phi) is 13.5. The first kappa shape index (κ1) is 30.9. The lowest BCUT2D eigenvalue weighted by molar-refractivity contribution is 0.0738. The van der Waals surface area contributed by atoms with E-state index >= 15 is 0 Å². The van der Waals surface area contributed by atoms with Crippen LogP contribution < -0.4 is 0 Å². The van der Waals surface area contributed by atoms with E-state index in [1.807, 2.05) is 0 Å². The molecule has 3 rings (SSSR count). The van der Waals surface area contributed by atoms with E-state index in [0.29, 0.717) is 16.2 Å². The van der Waals surface area contributed by atoms with Gasteiger partial charge < -0.3 is 14.7 Å². The molecule has 3 heterocycles. The minimum Gasteiger partial charge on any atom is -0.303 e. The van der Waals surface area contributed by atoms with Crippen molar-refractivity contribution in [3.05, 3.63) is 0 Å². The molecular weight excluding hydrogens is 378 g/mol. The van der Waals surface area contributed by atoms with Crippen LogP contribution >= 0.6 is 0 Å². The summed E-state index contributed by atoms with van der Waals surface area (Å²) in [7, 11) is 0. The highest BCUT2D eigenvalue weighted by atomic mass is 15.2. The quantitative estimate of drug-likeness (QED) is 0.474. The average Bonchev–Trinajstić information content (AvgIpc) is 2.48. The van der Waals surface area contributed by atoms with Crippen LogP contribution in [0, 0.1) is 22.2 Å². The first-order valence-electron chi connectivity index (χ1n) is 12.8. The zero-order valence-electron chi connectivity index (χ0n) is 22.6. The van der Waals surface area contributed by atoms with Crippen LogP contribution in [0.3, 0.4) is 0 Å². The fourth-order valence-corrected chi connectivity index (χ4v) is 4.63. The van der Waals surface area contributed by atoms with Crippen molar-refractivity contribution in [2.75, 3.05) is 58.9 Å². The summed E-state index contributed by atoms with van der Waals surface area (Å²) < 4.78 is 0. The van der Waals surface area contributed by atoms with Gasteiger partial charge in [-0.1, -0.05) is 83.1 Å². The van der Waals surface area contributed by atoms with Crippen LogP contribution in [0.15, 0.2) is 0 Å². The molecule has 0 bridgehead atoms. The van der Waals surface area contributed by atoms with Crippen molar-refractivity contribution in [1.82, 2.24) is 14.7 Å². The van der Waals surface area contributed by atoms with Gasteiger partial charge in [0.2, 0.25) is 0 Å². The topological polar surface area (TPSA) is 9.72 Å².